The van der Waals surface area contributed by atoms with E-state index in [0.29, 0.717) is 6.54 Å². The molecule has 0 bridgehead atoms. The second-order valence-electron chi connectivity index (χ2n) is 4.77. The quantitative estimate of drug-likeness (QED) is 0.667. The predicted octanol–water partition coefficient (Wildman–Crippen LogP) is 2.28. The van der Waals surface area contributed by atoms with Crippen LogP contribution in [0.15, 0.2) is 12.1 Å². The molecule has 0 aliphatic carbocycles. The fourth-order valence-corrected chi connectivity index (χ4v) is 2.33. The Morgan fingerprint density at radius 2 is 2.00 bits per heavy atom. The van der Waals surface area contributed by atoms with Crippen LogP contribution in [0.1, 0.15) is 31.1 Å². The standard InChI is InChI=1S/C14H21ClN4O3/c1-4-19(5-2)9(3)8-16-13(20)10-6-11(15)17-12(7-10)18-14(21)22/h6-7,9H,4-5,8H2,1-3H3,(H,16,20)(H,17,18)(H,21,22)/t9-/m0/s1. The summed E-state index contributed by atoms with van der Waals surface area (Å²) in [6, 6.07) is 2.94. The molecule has 1 atom stereocenters. The highest BCUT2D eigenvalue weighted by molar-refractivity contribution is 6.30. The van der Waals surface area contributed by atoms with Crippen LogP contribution in [-0.2, 0) is 0 Å². The van der Waals surface area contributed by atoms with Gasteiger partial charge in [0.05, 0.1) is 0 Å². The molecule has 1 aromatic rings. The van der Waals surface area contributed by atoms with Gasteiger partial charge in [0.25, 0.3) is 5.91 Å². The highest BCUT2D eigenvalue weighted by Gasteiger charge is 2.14. The average Bonchev–Trinajstić information content (AvgIpc) is 2.44. The summed E-state index contributed by atoms with van der Waals surface area (Å²) in [5.41, 5.74) is 0.260. The summed E-state index contributed by atoms with van der Waals surface area (Å²) in [7, 11) is 0. The van der Waals surface area contributed by atoms with Crippen molar-refractivity contribution in [1.82, 2.24) is 15.2 Å². The summed E-state index contributed by atoms with van der Waals surface area (Å²) in [5.74, 6) is -0.307. The van der Waals surface area contributed by atoms with Crippen LogP contribution in [0, 0.1) is 0 Å². The molecule has 0 saturated carbocycles. The van der Waals surface area contributed by atoms with Gasteiger partial charge in [-0.25, -0.2) is 9.78 Å². The van der Waals surface area contributed by atoms with E-state index in [1.54, 1.807) is 0 Å². The number of carbonyl (C=O) groups excluding carboxylic acids is 1. The maximum Gasteiger partial charge on any atom is 0.410 e. The van der Waals surface area contributed by atoms with Crippen LogP contribution >= 0.6 is 11.6 Å². The third-order valence-electron chi connectivity index (χ3n) is 3.29. The minimum absolute atomic E-state index is 0.0157. The molecular weight excluding hydrogens is 308 g/mol. The molecular formula is C14H21ClN4O3. The van der Waals surface area contributed by atoms with Crippen molar-refractivity contribution in [3.8, 4) is 0 Å². The Kier molecular flexibility index (Phi) is 7.07. The monoisotopic (exact) mass is 328 g/mol. The van der Waals surface area contributed by atoms with Gasteiger partial charge in [-0.05, 0) is 32.1 Å². The van der Waals surface area contributed by atoms with E-state index >= 15 is 0 Å². The predicted molar refractivity (Wildman–Crippen MR) is 85.6 cm³/mol. The molecule has 0 fully saturated rings. The molecule has 8 heteroatoms. The molecule has 1 heterocycles. The van der Waals surface area contributed by atoms with Crippen LogP contribution in [0.5, 0.6) is 0 Å². The molecule has 122 valence electrons. The SMILES string of the molecule is CCN(CC)[C@@H](C)CNC(=O)c1cc(Cl)nc(NC(=O)O)c1. The largest absolute Gasteiger partial charge is 0.465 e. The second kappa shape index (κ2) is 8.55. The summed E-state index contributed by atoms with van der Waals surface area (Å²) >= 11 is 5.80. The van der Waals surface area contributed by atoms with Crippen molar-refractivity contribution in [2.75, 3.05) is 25.0 Å². The molecule has 2 amide bonds. The maximum absolute atomic E-state index is 12.1. The summed E-state index contributed by atoms with van der Waals surface area (Å²) in [5, 5.41) is 13.6. The maximum atomic E-state index is 12.1. The van der Waals surface area contributed by atoms with Crippen LogP contribution < -0.4 is 10.6 Å². The first kappa shape index (κ1) is 18.2. The Hall–Kier alpha value is -1.86. The number of nitrogens with one attached hydrogen (secondary N) is 2. The molecule has 0 aliphatic heterocycles. The smallest absolute Gasteiger partial charge is 0.410 e. The van der Waals surface area contributed by atoms with Gasteiger partial charge in [-0.2, -0.15) is 0 Å². The van der Waals surface area contributed by atoms with E-state index in [-0.39, 0.29) is 28.5 Å². The Balaban J connectivity index is 2.73. The molecule has 22 heavy (non-hydrogen) atoms. The third kappa shape index (κ3) is 5.50. The summed E-state index contributed by atoms with van der Waals surface area (Å²) in [6.45, 7) is 8.46. The molecule has 3 N–H and O–H groups in total. The van der Waals surface area contributed by atoms with E-state index in [9.17, 15) is 9.59 Å². The number of hydrogen-bond acceptors (Lipinski definition) is 4. The first-order valence-corrected chi connectivity index (χ1v) is 7.44. The number of hydrogen-bond donors (Lipinski definition) is 3. The number of carboxylic acid groups (broad SMARTS) is 1. The first-order valence-electron chi connectivity index (χ1n) is 7.07. The zero-order valence-electron chi connectivity index (χ0n) is 12.9. The summed E-state index contributed by atoms with van der Waals surface area (Å²) in [4.78, 5) is 28.8. The van der Waals surface area contributed by atoms with Gasteiger partial charge in [0.15, 0.2) is 0 Å². The Bertz CT molecular complexity index is 535. The van der Waals surface area contributed by atoms with Crippen molar-refractivity contribution in [2.45, 2.75) is 26.8 Å². The van der Waals surface area contributed by atoms with Gasteiger partial charge >= 0.3 is 6.09 Å². The topological polar surface area (TPSA) is 94.6 Å². The lowest BCUT2D eigenvalue weighted by atomic mass is 10.2. The van der Waals surface area contributed by atoms with Crippen LogP contribution in [-0.4, -0.2) is 52.7 Å². The van der Waals surface area contributed by atoms with Gasteiger partial charge in [0.2, 0.25) is 0 Å². The van der Waals surface area contributed by atoms with E-state index < -0.39 is 6.09 Å². The Morgan fingerprint density at radius 1 is 1.36 bits per heavy atom. The van der Waals surface area contributed by atoms with Gasteiger partial charge in [-0.1, -0.05) is 25.4 Å². The van der Waals surface area contributed by atoms with Crippen molar-refractivity contribution in [3.05, 3.63) is 22.8 Å². The molecule has 1 rings (SSSR count). The third-order valence-corrected chi connectivity index (χ3v) is 3.48. The van der Waals surface area contributed by atoms with Crippen LogP contribution in [0.3, 0.4) is 0 Å². The van der Waals surface area contributed by atoms with Gasteiger partial charge < -0.3 is 10.4 Å². The number of pyridine rings is 1. The minimum Gasteiger partial charge on any atom is -0.465 e. The number of anilines is 1. The number of carbonyl (C=O) groups is 2. The number of likely N-dealkylation sites (N-methyl/N-ethyl adjacent to an activating group) is 1. The van der Waals surface area contributed by atoms with Crippen molar-refractivity contribution < 1.29 is 14.7 Å². The van der Waals surface area contributed by atoms with Gasteiger partial charge in [0, 0.05) is 18.2 Å². The minimum atomic E-state index is -1.27. The molecule has 0 aliphatic rings. The lowest BCUT2D eigenvalue weighted by molar-refractivity contribution is 0.0938. The summed E-state index contributed by atoms with van der Waals surface area (Å²) in [6.07, 6.45) is -1.27. The normalized spacial score (nSPS) is 12.0. The number of rotatable bonds is 7. The van der Waals surface area contributed by atoms with Crippen LogP contribution in [0.4, 0.5) is 10.6 Å². The Labute approximate surface area is 134 Å². The number of halogens is 1. The molecule has 7 nitrogen and oxygen atoms in total. The molecule has 0 radical (unpaired) electrons. The molecule has 0 spiro atoms. The molecule has 0 aromatic carbocycles. The van der Waals surface area contributed by atoms with E-state index in [1.165, 1.54) is 12.1 Å². The average molecular weight is 329 g/mol. The van der Waals surface area contributed by atoms with E-state index in [4.69, 9.17) is 16.7 Å². The zero-order valence-corrected chi connectivity index (χ0v) is 13.6. The van der Waals surface area contributed by atoms with Crippen molar-refractivity contribution >= 4 is 29.4 Å². The first-order chi connectivity index (χ1) is 10.4. The summed E-state index contributed by atoms with van der Waals surface area (Å²) < 4.78 is 0. The van der Waals surface area contributed by atoms with E-state index in [0.717, 1.165) is 13.1 Å². The second-order valence-corrected chi connectivity index (χ2v) is 5.16. The van der Waals surface area contributed by atoms with E-state index in [1.807, 2.05) is 6.92 Å². The fourth-order valence-electron chi connectivity index (χ4n) is 2.12. The van der Waals surface area contributed by atoms with Crippen LogP contribution in [0.25, 0.3) is 0 Å². The zero-order chi connectivity index (χ0) is 16.7. The van der Waals surface area contributed by atoms with Crippen LogP contribution in [0.2, 0.25) is 5.15 Å². The van der Waals surface area contributed by atoms with Crippen molar-refractivity contribution in [2.24, 2.45) is 0 Å². The molecule has 1 aromatic heterocycles. The molecule has 0 saturated heterocycles. The fraction of sp³-hybridized carbons (Fsp3) is 0.500. The lowest BCUT2D eigenvalue weighted by Crippen LogP contribution is -2.42. The number of amides is 2. The highest BCUT2D eigenvalue weighted by Crippen LogP contribution is 2.14. The van der Waals surface area contributed by atoms with Gasteiger partial charge in [0.1, 0.15) is 11.0 Å². The number of nitrogens with zero attached hydrogens (tertiary/aromatic N) is 2. The highest BCUT2D eigenvalue weighted by atomic mass is 35.5. The number of aromatic nitrogens is 1. The van der Waals surface area contributed by atoms with E-state index in [2.05, 4.69) is 34.4 Å². The van der Waals surface area contributed by atoms with Crippen molar-refractivity contribution in [1.29, 1.82) is 0 Å². The molecule has 0 unspecified atom stereocenters. The Morgan fingerprint density at radius 3 is 2.55 bits per heavy atom. The van der Waals surface area contributed by atoms with Gasteiger partial charge in [-0.3, -0.25) is 15.0 Å². The van der Waals surface area contributed by atoms with Gasteiger partial charge in [-0.15, -0.1) is 0 Å². The van der Waals surface area contributed by atoms with Crippen molar-refractivity contribution in [3.63, 3.8) is 0 Å². The lowest BCUT2D eigenvalue weighted by Gasteiger charge is -2.26.